The number of aromatic nitrogens is 1. The van der Waals surface area contributed by atoms with Crippen LogP contribution in [-0.4, -0.2) is 4.98 Å². The van der Waals surface area contributed by atoms with Crippen LogP contribution in [-0.2, 0) is 0 Å². The molecule has 0 bridgehead atoms. The molecular weight excluding hydrogens is 424 g/mol. The molecule has 0 radical (unpaired) electrons. The molecule has 3 heterocycles. The van der Waals surface area contributed by atoms with Gasteiger partial charge in [0, 0.05) is 38.0 Å². The van der Waals surface area contributed by atoms with E-state index in [0.29, 0.717) is 5.71 Å². The van der Waals surface area contributed by atoms with Crippen LogP contribution in [0, 0.1) is 0 Å². The summed E-state index contributed by atoms with van der Waals surface area (Å²) in [7, 11) is 0. The molecule has 0 N–H and O–H groups in total. The van der Waals surface area contributed by atoms with E-state index < -0.39 is 0 Å². The van der Waals surface area contributed by atoms with Crippen LogP contribution < -0.4 is 4.90 Å². The number of pyridine rings is 1. The molecule has 0 spiro atoms. The van der Waals surface area contributed by atoms with Gasteiger partial charge in [-0.05, 0) is 54.1 Å². The summed E-state index contributed by atoms with van der Waals surface area (Å²) in [5.74, 6) is 0. The van der Waals surface area contributed by atoms with Crippen molar-refractivity contribution in [3.63, 3.8) is 0 Å². The first-order chi connectivity index (χ1) is 16.3. The third kappa shape index (κ3) is 2.95. The lowest BCUT2D eigenvalue weighted by Gasteiger charge is -2.32. The van der Waals surface area contributed by atoms with Gasteiger partial charge in [0.15, 0.2) is 0 Å². The van der Waals surface area contributed by atoms with Crippen molar-refractivity contribution in [2.75, 3.05) is 4.90 Å². The second-order valence-electron chi connectivity index (χ2n) is 8.09. The molecule has 33 heavy (non-hydrogen) atoms. The Labute approximate surface area is 195 Å². The number of hydrogen-bond donors (Lipinski definition) is 0. The molecule has 0 saturated heterocycles. The summed E-state index contributed by atoms with van der Waals surface area (Å²) in [6.07, 6.45) is 1.89. The monoisotopic (exact) mass is 442 g/mol. The van der Waals surface area contributed by atoms with Crippen molar-refractivity contribution in [2.45, 2.75) is 9.79 Å². The Morgan fingerprint density at radius 2 is 1.30 bits per heavy atom. The van der Waals surface area contributed by atoms with Gasteiger partial charge >= 0.3 is 0 Å². The molecule has 3 nitrogen and oxygen atoms in total. The normalized spacial score (nSPS) is 12.7. The molecule has 6 aromatic rings. The van der Waals surface area contributed by atoms with E-state index in [-0.39, 0.29) is 0 Å². The largest absolute Gasteiger partial charge is 0.438 e. The van der Waals surface area contributed by atoms with Gasteiger partial charge < -0.3 is 9.32 Å². The number of anilines is 3. The highest BCUT2D eigenvalue weighted by molar-refractivity contribution is 7.99. The maximum absolute atomic E-state index is 5.89. The summed E-state index contributed by atoms with van der Waals surface area (Å²) in [6, 6.07) is 36.1. The van der Waals surface area contributed by atoms with E-state index in [1.54, 1.807) is 0 Å². The number of rotatable bonds is 2. The second-order valence-corrected chi connectivity index (χ2v) is 9.18. The average Bonchev–Trinajstić information content (AvgIpc) is 3.25. The number of para-hydroxylation sites is 3. The number of hydrogen-bond acceptors (Lipinski definition) is 4. The number of nitrogens with zero attached hydrogens (tertiary/aromatic N) is 2. The highest BCUT2D eigenvalue weighted by Gasteiger charge is 2.24. The summed E-state index contributed by atoms with van der Waals surface area (Å²) in [6.45, 7) is 0. The lowest BCUT2D eigenvalue weighted by Crippen LogP contribution is -2.14. The maximum atomic E-state index is 5.89. The molecule has 156 valence electrons. The Hall–Kier alpha value is -4.02. The molecule has 7 rings (SSSR count). The number of benzene rings is 4. The van der Waals surface area contributed by atoms with E-state index in [2.05, 4.69) is 94.8 Å². The van der Waals surface area contributed by atoms with E-state index in [4.69, 9.17) is 4.42 Å². The van der Waals surface area contributed by atoms with Gasteiger partial charge in [0.25, 0.3) is 0 Å². The Balaban J connectivity index is 1.32. The highest BCUT2D eigenvalue weighted by atomic mass is 32.2. The highest BCUT2D eigenvalue weighted by Crippen LogP contribution is 2.51. The zero-order valence-corrected chi connectivity index (χ0v) is 18.4. The minimum atomic E-state index is 0.676. The fourth-order valence-electron chi connectivity index (χ4n) is 4.55. The van der Waals surface area contributed by atoms with Crippen LogP contribution in [0.2, 0.25) is 0 Å². The van der Waals surface area contributed by atoms with Crippen LogP contribution in [0.4, 0.5) is 17.1 Å². The predicted octanol–water partition coefficient (Wildman–Crippen LogP) is 8.58. The quantitative estimate of drug-likeness (QED) is 0.268. The van der Waals surface area contributed by atoms with Crippen molar-refractivity contribution in [3.05, 3.63) is 109 Å². The summed E-state index contributed by atoms with van der Waals surface area (Å²) < 4.78 is 5.89. The standard InChI is InChI=1S/C29H18N2OS/c1-4-10-26-22(7-1)23-17-20(18-30-29(23)32-26)19-13-15-21(16-14-19)31-24-8-2-5-11-27(24)33-28-12-6-3-9-25(28)31/h1-18H. The molecule has 0 saturated carbocycles. The molecule has 1 aliphatic rings. The molecular formula is C29H18N2OS. The Kier molecular flexibility index (Phi) is 4.08. The van der Waals surface area contributed by atoms with Crippen LogP contribution in [0.15, 0.2) is 124 Å². The van der Waals surface area contributed by atoms with Gasteiger partial charge in [0.2, 0.25) is 5.71 Å². The van der Waals surface area contributed by atoms with E-state index >= 15 is 0 Å². The third-order valence-electron chi connectivity index (χ3n) is 6.13. The van der Waals surface area contributed by atoms with Crippen molar-refractivity contribution in [3.8, 4) is 11.1 Å². The summed E-state index contributed by atoms with van der Waals surface area (Å²) in [5.41, 5.74) is 7.32. The smallest absolute Gasteiger partial charge is 0.227 e. The summed E-state index contributed by atoms with van der Waals surface area (Å²) >= 11 is 1.82. The predicted molar refractivity (Wildman–Crippen MR) is 136 cm³/mol. The van der Waals surface area contributed by atoms with Crippen molar-refractivity contribution in [2.24, 2.45) is 0 Å². The summed E-state index contributed by atoms with van der Waals surface area (Å²) in [5, 5.41) is 2.14. The van der Waals surface area contributed by atoms with E-state index in [1.165, 1.54) is 21.2 Å². The van der Waals surface area contributed by atoms with E-state index in [1.807, 2.05) is 36.2 Å². The maximum Gasteiger partial charge on any atom is 0.227 e. The van der Waals surface area contributed by atoms with Gasteiger partial charge in [-0.15, -0.1) is 0 Å². The fourth-order valence-corrected chi connectivity index (χ4v) is 5.61. The topological polar surface area (TPSA) is 29.3 Å². The van der Waals surface area contributed by atoms with E-state index in [9.17, 15) is 0 Å². The number of furan rings is 1. The molecule has 0 fully saturated rings. The molecule has 1 aliphatic heterocycles. The molecule has 0 amide bonds. The third-order valence-corrected chi connectivity index (χ3v) is 7.26. The minimum absolute atomic E-state index is 0.676. The first kappa shape index (κ1) is 18.5. The minimum Gasteiger partial charge on any atom is -0.438 e. The van der Waals surface area contributed by atoms with Crippen LogP contribution in [0.1, 0.15) is 0 Å². The molecule has 4 heteroatoms. The lowest BCUT2D eigenvalue weighted by atomic mass is 10.0. The van der Waals surface area contributed by atoms with Crippen LogP contribution >= 0.6 is 11.8 Å². The summed E-state index contributed by atoms with van der Waals surface area (Å²) in [4.78, 5) is 9.46. The average molecular weight is 443 g/mol. The second kappa shape index (κ2) is 7.26. The van der Waals surface area contributed by atoms with Crippen molar-refractivity contribution < 1.29 is 4.42 Å². The van der Waals surface area contributed by atoms with Gasteiger partial charge in [0.05, 0.1) is 11.4 Å². The number of fused-ring (bicyclic) bond motifs is 5. The van der Waals surface area contributed by atoms with Gasteiger partial charge in [-0.25, -0.2) is 4.98 Å². The van der Waals surface area contributed by atoms with E-state index in [0.717, 1.165) is 33.2 Å². The lowest BCUT2D eigenvalue weighted by molar-refractivity contribution is 0.654. The first-order valence-electron chi connectivity index (χ1n) is 10.9. The Morgan fingerprint density at radius 1 is 0.636 bits per heavy atom. The molecule has 2 aromatic heterocycles. The molecule has 4 aromatic carbocycles. The van der Waals surface area contributed by atoms with Crippen molar-refractivity contribution in [1.82, 2.24) is 4.98 Å². The SMILES string of the molecule is c1ccc2c(c1)Sc1ccccc1N2c1ccc(-c2cnc3oc4ccccc4c3c2)cc1. The molecule has 0 unspecified atom stereocenters. The Bertz CT molecular complexity index is 1610. The van der Waals surface area contributed by atoms with Crippen LogP contribution in [0.25, 0.3) is 33.2 Å². The Morgan fingerprint density at radius 3 is 2.06 bits per heavy atom. The van der Waals surface area contributed by atoms with Gasteiger partial charge in [0.1, 0.15) is 5.58 Å². The van der Waals surface area contributed by atoms with Crippen molar-refractivity contribution in [1.29, 1.82) is 0 Å². The molecule has 0 aliphatic carbocycles. The zero-order valence-electron chi connectivity index (χ0n) is 17.6. The van der Waals surface area contributed by atoms with Gasteiger partial charge in [-0.1, -0.05) is 66.4 Å². The molecule has 0 atom stereocenters. The van der Waals surface area contributed by atoms with Gasteiger partial charge in [-0.3, -0.25) is 0 Å². The van der Waals surface area contributed by atoms with Crippen LogP contribution in [0.3, 0.4) is 0 Å². The fraction of sp³-hybridized carbons (Fsp3) is 0. The van der Waals surface area contributed by atoms with Gasteiger partial charge in [-0.2, -0.15) is 0 Å². The van der Waals surface area contributed by atoms with Crippen LogP contribution in [0.5, 0.6) is 0 Å². The van der Waals surface area contributed by atoms with Crippen molar-refractivity contribution >= 4 is 50.9 Å². The first-order valence-corrected chi connectivity index (χ1v) is 11.7. The zero-order chi connectivity index (χ0) is 21.8.